The fourth-order valence-corrected chi connectivity index (χ4v) is 6.15. The number of rotatable bonds is 9. The summed E-state index contributed by atoms with van der Waals surface area (Å²) in [4.78, 5) is 25.7. The first-order valence-electron chi connectivity index (χ1n) is 12.9. The maximum Gasteiger partial charge on any atom is 0.326 e. The van der Waals surface area contributed by atoms with Gasteiger partial charge in [0.1, 0.15) is 23.1 Å². The van der Waals surface area contributed by atoms with Crippen LogP contribution in [-0.4, -0.2) is 92.0 Å². The summed E-state index contributed by atoms with van der Waals surface area (Å²) in [6.07, 6.45) is 5.02. The molecule has 1 aliphatic heterocycles. The third kappa shape index (κ3) is 4.28. The molecule has 2 bridgehead atoms. The number of H-pyrrole nitrogens is 1. The van der Waals surface area contributed by atoms with Gasteiger partial charge in [-0.2, -0.15) is 9.97 Å². The van der Waals surface area contributed by atoms with Gasteiger partial charge in [-0.15, -0.1) is 0 Å². The highest BCUT2D eigenvalue weighted by molar-refractivity contribution is 6.14. The molecule has 4 aromatic rings. The number of ether oxygens (including phenoxy) is 1. The molecule has 1 aromatic carbocycles. The van der Waals surface area contributed by atoms with Gasteiger partial charge in [-0.1, -0.05) is 0 Å². The number of nitrogens with zero attached hydrogens (tertiary/aromatic N) is 6. The fourth-order valence-electron chi connectivity index (χ4n) is 6.15. The number of aliphatic hydroxyl groups is 2. The lowest BCUT2D eigenvalue weighted by Gasteiger charge is -2.38. The Balaban J connectivity index is 1.43. The Morgan fingerprint density at radius 1 is 1.16 bits per heavy atom. The Hall–Kier alpha value is -3.61. The third-order valence-electron chi connectivity index (χ3n) is 7.74. The summed E-state index contributed by atoms with van der Waals surface area (Å²) >= 11 is 0. The van der Waals surface area contributed by atoms with Crippen LogP contribution in [0, 0.1) is 18.7 Å². The van der Waals surface area contributed by atoms with Crippen LogP contribution in [-0.2, 0) is 0 Å². The van der Waals surface area contributed by atoms with E-state index in [2.05, 4.69) is 35.1 Å². The number of benzene rings is 1. The summed E-state index contributed by atoms with van der Waals surface area (Å²) in [5.41, 5.74) is 1.93. The van der Waals surface area contributed by atoms with E-state index in [1.54, 1.807) is 26.4 Å². The SMILES string of the molecule is CNc1cc(F)cc2c1[nH]c1nc(Oc3cnc(C)nc3)nc(N3C[C@H]4C[C@@H]3C[C@H]4N(CCO)CCO)c12. The van der Waals surface area contributed by atoms with E-state index in [4.69, 9.17) is 9.72 Å². The zero-order chi connectivity index (χ0) is 26.4. The monoisotopic (exact) mass is 522 g/mol. The highest BCUT2D eigenvalue weighted by atomic mass is 19.1. The van der Waals surface area contributed by atoms with Crippen LogP contribution in [0.5, 0.6) is 11.8 Å². The average molecular weight is 523 g/mol. The van der Waals surface area contributed by atoms with E-state index in [-0.39, 0.29) is 37.1 Å². The molecule has 38 heavy (non-hydrogen) atoms. The number of anilines is 2. The summed E-state index contributed by atoms with van der Waals surface area (Å²) in [6.45, 7) is 3.74. The van der Waals surface area contributed by atoms with Gasteiger partial charge in [0.15, 0.2) is 5.75 Å². The molecule has 4 heterocycles. The number of nitrogens with one attached hydrogen (secondary N) is 2. The van der Waals surface area contributed by atoms with Gasteiger partial charge in [-0.25, -0.2) is 14.4 Å². The zero-order valence-electron chi connectivity index (χ0n) is 21.4. The van der Waals surface area contributed by atoms with Gasteiger partial charge in [0.05, 0.1) is 42.2 Å². The minimum absolute atomic E-state index is 0.0578. The molecule has 0 radical (unpaired) electrons. The lowest BCUT2D eigenvalue weighted by atomic mass is 10.0. The quantitative estimate of drug-likeness (QED) is 0.260. The molecule has 1 aliphatic carbocycles. The summed E-state index contributed by atoms with van der Waals surface area (Å²) < 4.78 is 20.6. The highest BCUT2D eigenvalue weighted by Crippen LogP contribution is 2.46. The Morgan fingerprint density at radius 2 is 1.92 bits per heavy atom. The van der Waals surface area contributed by atoms with E-state index >= 15 is 0 Å². The van der Waals surface area contributed by atoms with Gasteiger partial charge in [-0.05, 0) is 37.8 Å². The predicted octanol–water partition coefficient (Wildman–Crippen LogP) is 2.44. The van der Waals surface area contributed by atoms with Crippen molar-refractivity contribution in [1.82, 2.24) is 29.8 Å². The molecule has 6 rings (SSSR count). The van der Waals surface area contributed by atoms with E-state index in [1.807, 2.05) is 0 Å². The number of hydrogen-bond donors (Lipinski definition) is 4. The summed E-state index contributed by atoms with van der Waals surface area (Å²) in [5.74, 6) is 1.75. The lowest BCUT2D eigenvalue weighted by molar-refractivity contribution is 0.0991. The molecule has 2 aliphatic rings. The first kappa shape index (κ1) is 24.7. The third-order valence-corrected chi connectivity index (χ3v) is 7.74. The van der Waals surface area contributed by atoms with Crippen LogP contribution in [0.25, 0.3) is 21.9 Å². The molecular formula is C26H31FN8O3. The average Bonchev–Trinajstić information content (AvgIpc) is 3.62. The lowest BCUT2D eigenvalue weighted by Crippen LogP contribution is -2.48. The van der Waals surface area contributed by atoms with E-state index < -0.39 is 0 Å². The minimum atomic E-state index is -0.350. The molecule has 11 nitrogen and oxygen atoms in total. The van der Waals surface area contributed by atoms with Crippen LogP contribution in [0.1, 0.15) is 18.7 Å². The van der Waals surface area contributed by atoms with Crippen molar-refractivity contribution >= 4 is 33.4 Å². The molecule has 1 saturated heterocycles. The van der Waals surface area contributed by atoms with Crippen molar-refractivity contribution in [3.8, 4) is 11.8 Å². The van der Waals surface area contributed by atoms with Crippen LogP contribution >= 0.6 is 0 Å². The Morgan fingerprint density at radius 3 is 2.58 bits per heavy atom. The van der Waals surface area contributed by atoms with Crippen molar-refractivity contribution in [3.05, 3.63) is 36.2 Å². The van der Waals surface area contributed by atoms with Crippen LogP contribution in [0.15, 0.2) is 24.5 Å². The summed E-state index contributed by atoms with van der Waals surface area (Å²) in [6, 6.07) is 3.60. The van der Waals surface area contributed by atoms with Gasteiger partial charge < -0.3 is 30.2 Å². The smallest absolute Gasteiger partial charge is 0.326 e. The van der Waals surface area contributed by atoms with E-state index in [0.717, 1.165) is 30.3 Å². The molecule has 3 atom stereocenters. The molecule has 12 heteroatoms. The maximum absolute atomic E-state index is 14.6. The number of aromatic amines is 1. The van der Waals surface area contributed by atoms with Crippen molar-refractivity contribution in [3.63, 3.8) is 0 Å². The Kier molecular flexibility index (Phi) is 6.46. The summed E-state index contributed by atoms with van der Waals surface area (Å²) in [5, 5.41) is 23.6. The van der Waals surface area contributed by atoms with Gasteiger partial charge in [0.25, 0.3) is 0 Å². The first-order chi connectivity index (χ1) is 18.5. The van der Waals surface area contributed by atoms with Gasteiger partial charge in [0, 0.05) is 44.2 Å². The van der Waals surface area contributed by atoms with Crippen molar-refractivity contribution in [1.29, 1.82) is 0 Å². The maximum atomic E-state index is 14.6. The fraction of sp³-hybridized carbons (Fsp3) is 0.462. The van der Waals surface area contributed by atoms with Gasteiger partial charge in [0.2, 0.25) is 0 Å². The van der Waals surface area contributed by atoms with Gasteiger partial charge in [-0.3, -0.25) is 4.90 Å². The van der Waals surface area contributed by atoms with Crippen molar-refractivity contribution in [2.75, 3.05) is 50.1 Å². The van der Waals surface area contributed by atoms with Crippen LogP contribution in [0.2, 0.25) is 0 Å². The second kappa shape index (κ2) is 9.93. The number of piperidine rings is 1. The molecule has 4 N–H and O–H groups in total. The molecule has 2 fully saturated rings. The molecule has 0 spiro atoms. The predicted molar refractivity (Wildman–Crippen MR) is 141 cm³/mol. The van der Waals surface area contributed by atoms with Crippen LogP contribution in [0.4, 0.5) is 15.9 Å². The number of aromatic nitrogens is 5. The standard InChI is InChI=1S/C26H31FN8O3/c1-14-29-11-18(12-30-14)38-26-32-24-22(19-8-16(27)9-20(28-2)23(19)31-24)25(33-26)35-13-15-7-17(35)10-21(15)34(3-5-36)4-6-37/h8-9,11-12,15,17,21,28,36-37H,3-7,10,13H2,1-2H3,(H,31,32,33)/t15-,17-,21-/m1/s1. The summed E-state index contributed by atoms with van der Waals surface area (Å²) in [7, 11) is 1.75. The Bertz CT molecular complexity index is 1460. The molecule has 0 unspecified atom stereocenters. The van der Waals surface area contributed by atoms with Crippen molar-refractivity contribution < 1.29 is 19.3 Å². The zero-order valence-corrected chi connectivity index (χ0v) is 21.4. The largest absolute Gasteiger partial charge is 0.421 e. The number of aryl methyl sites for hydroxylation is 1. The second-order valence-electron chi connectivity index (χ2n) is 9.96. The molecule has 1 saturated carbocycles. The van der Waals surface area contributed by atoms with Crippen molar-refractivity contribution in [2.45, 2.75) is 31.8 Å². The molecule has 3 aromatic heterocycles. The first-order valence-corrected chi connectivity index (χ1v) is 12.9. The van der Waals surface area contributed by atoms with Crippen LogP contribution < -0.4 is 15.0 Å². The van der Waals surface area contributed by atoms with Gasteiger partial charge >= 0.3 is 6.01 Å². The highest BCUT2D eigenvalue weighted by Gasteiger charge is 2.47. The normalized spacial score (nSPS) is 20.8. The number of aliphatic hydroxyl groups excluding tert-OH is 2. The van der Waals surface area contributed by atoms with Crippen LogP contribution in [0.3, 0.4) is 0 Å². The Labute approximate surface area is 218 Å². The van der Waals surface area contributed by atoms with E-state index in [0.29, 0.717) is 53.1 Å². The topological polar surface area (TPSA) is 136 Å². The van der Waals surface area contributed by atoms with E-state index in [9.17, 15) is 14.6 Å². The molecular weight excluding hydrogens is 491 g/mol. The molecule has 200 valence electrons. The van der Waals surface area contributed by atoms with Crippen molar-refractivity contribution in [2.24, 2.45) is 5.92 Å². The number of hydrogen-bond acceptors (Lipinski definition) is 10. The number of halogens is 1. The second-order valence-corrected chi connectivity index (χ2v) is 9.96. The number of fused-ring (bicyclic) bond motifs is 5. The molecule has 0 amide bonds. The minimum Gasteiger partial charge on any atom is -0.421 e. The van der Waals surface area contributed by atoms with E-state index in [1.165, 1.54) is 12.1 Å².